The minimum atomic E-state index is -0.636. The van der Waals surface area contributed by atoms with Crippen molar-refractivity contribution in [3.05, 3.63) is 155 Å². The van der Waals surface area contributed by atoms with Gasteiger partial charge in [-0.25, -0.2) is 4.79 Å². The number of ether oxygens (including phenoxy) is 2. The molecule has 0 spiro atoms. The first-order valence-electron chi connectivity index (χ1n) is 16.6. The Morgan fingerprint density at radius 1 is 0.706 bits per heavy atom. The molecule has 9 nitrogen and oxygen atoms in total. The maximum atomic E-state index is 13.9. The lowest BCUT2D eigenvalue weighted by Crippen LogP contribution is -2.41. The highest BCUT2D eigenvalue weighted by Gasteiger charge is 2.25. The summed E-state index contributed by atoms with van der Waals surface area (Å²) >= 11 is 0. The lowest BCUT2D eigenvalue weighted by Gasteiger charge is -2.28. The molecular formula is C42H42N4O5. The number of hydrogen-bond donors (Lipinski definition) is 4. The first-order chi connectivity index (χ1) is 24.4. The summed E-state index contributed by atoms with van der Waals surface area (Å²) in [5.41, 5.74) is 9.82. The predicted octanol–water partition coefficient (Wildman–Crippen LogP) is 7.99. The van der Waals surface area contributed by atoms with Crippen molar-refractivity contribution in [3.8, 4) is 16.9 Å². The first-order valence-corrected chi connectivity index (χ1v) is 16.6. The molecule has 0 saturated heterocycles. The van der Waals surface area contributed by atoms with Gasteiger partial charge in [-0.2, -0.15) is 0 Å². The Hall–Kier alpha value is -6.22. The van der Waals surface area contributed by atoms with Gasteiger partial charge in [0.1, 0.15) is 24.8 Å². The second-order valence-electron chi connectivity index (χ2n) is 13.3. The van der Waals surface area contributed by atoms with Gasteiger partial charge in [0.05, 0.1) is 11.1 Å². The number of esters is 1. The maximum absolute atomic E-state index is 13.9. The monoisotopic (exact) mass is 682 g/mol. The van der Waals surface area contributed by atoms with Gasteiger partial charge in [-0.1, -0.05) is 106 Å². The molecule has 51 heavy (non-hydrogen) atoms. The van der Waals surface area contributed by atoms with E-state index >= 15 is 0 Å². The Kier molecular flexibility index (Phi) is 11.3. The number of hydrogen-bond acceptors (Lipinski definition) is 6. The number of nitrogen functional groups attached to an aromatic ring is 1. The average Bonchev–Trinajstić information content (AvgIpc) is 3.13. The van der Waals surface area contributed by atoms with Gasteiger partial charge in [0.25, 0.3) is 11.8 Å². The van der Waals surface area contributed by atoms with Gasteiger partial charge in [0.2, 0.25) is 0 Å². The van der Waals surface area contributed by atoms with Crippen LogP contribution in [0.3, 0.4) is 0 Å². The molecule has 0 aliphatic carbocycles. The Bertz CT molecular complexity index is 2040. The number of rotatable bonds is 12. The third-order valence-electron chi connectivity index (χ3n) is 8.59. The van der Waals surface area contributed by atoms with E-state index in [4.69, 9.17) is 20.6 Å². The van der Waals surface area contributed by atoms with E-state index in [9.17, 15) is 14.4 Å². The number of amides is 2. The highest BCUT2D eigenvalue weighted by molar-refractivity contribution is 6.11. The zero-order valence-electron chi connectivity index (χ0n) is 29.2. The molecule has 1 unspecified atom stereocenters. The number of anilines is 1. The topological polar surface area (TPSA) is 144 Å². The molecule has 9 heteroatoms. The van der Waals surface area contributed by atoms with E-state index in [1.54, 1.807) is 54.6 Å². The van der Waals surface area contributed by atoms with Crippen molar-refractivity contribution in [1.29, 1.82) is 5.41 Å². The molecule has 0 saturated carbocycles. The molecule has 0 aromatic heterocycles. The molecule has 5 aromatic rings. The van der Waals surface area contributed by atoms with Crippen molar-refractivity contribution in [2.75, 3.05) is 5.32 Å². The fourth-order valence-electron chi connectivity index (χ4n) is 5.18. The van der Waals surface area contributed by atoms with Gasteiger partial charge in [-0.05, 0) is 64.9 Å². The van der Waals surface area contributed by atoms with Crippen molar-refractivity contribution >= 4 is 29.3 Å². The normalized spacial score (nSPS) is 11.6. The van der Waals surface area contributed by atoms with Crippen LogP contribution >= 0.6 is 0 Å². The van der Waals surface area contributed by atoms with Crippen molar-refractivity contribution in [3.63, 3.8) is 0 Å². The molecule has 2 amide bonds. The summed E-state index contributed by atoms with van der Waals surface area (Å²) in [4.78, 5) is 41.0. The van der Waals surface area contributed by atoms with Crippen LogP contribution in [0.2, 0.25) is 0 Å². The second-order valence-corrected chi connectivity index (χ2v) is 13.3. The Labute approximate surface area is 298 Å². The van der Waals surface area contributed by atoms with Gasteiger partial charge in [-0.15, -0.1) is 0 Å². The van der Waals surface area contributed by atoms with E-state index in [1.807, 2.05) is 88.4 Å². The summed E-state index contributed by atoms with van der Waals surface area (Å²) < 4.78 is 11.7. The van der Waals surface area contributed by atoms with E-state index in [0.29, 0.717) is 28.1 Å². The van der Waals surface area contributed by atoms with Crippen LogP contribution in [0.25, 0.3) is 11.1 Å². The van der Waals surface area contributed by atoms with Crippen LogP contribution in [0.4, 0.5) is 5.69 Å². The van der Waals surface area contributed by atoms with E-state index in [1.165, 1.54) is 6.07 Å². The van der Waals surface area contributed by atoms with E-state index in [0.717, 1.165) is 11.1 Å². The van der Waals surface area contributed by atoms with Gasteiger partial charge < -0.3 is 25.8 Å². The third-order valence-corrected chi connectivity index (χ3v) is 8.59. The standard InChI is InChI=1S/C42H42N4O5/c1-27(42(2,3)4)45-39(47)30-19-21-33(36(23-30)41(49)51-26-29-15-9-6-10-16-29)32-17-11-12-18-34(32)40(48)46-31-20-22-35(38(43)44)37(24-31)50-25-28-13-7-5-8-14-28/h5-24,27H,25-26H2,1-4H3,(H3,43,44)(H,45,47)(H,46,48). The van der Waals surface area contributed by atoms with Crippen LogP contribution in [-0.4, -0.2) is 29.7 Å². The van der Waals surface area contributed by atoms with Crippen LogP contribution < -0.4 is 21.1 Å². The summed E-state index contributed by atoms with van der Waals surface area (Å²) in [6.07, 6.45) is 0. The molecule has 260 valence electrons. The number of carbonyl (C=O) groups is 3. The van der Waals surface area contributed by atoms with Crippen molar-refractivity contribution in [1.82, 2.24) is 5.32 Å². The summed E-state index contributed by atoms with van der Waals surface area (Å²) in [6.45, 7) is 8.31. The molecule has 5 N–H and O–H groups in total. The molecule has 0 aliphatic rings. The quantitative estimate of drug-likeness (QED) is 0.0597. The molecule has 0 bridgehead atoms. The molecule has 1 atom stereocenters. The van der Waals surface area contributed by atoms with Crippen molar-refractivity contribution < 1.29 is 23.9 Å². The van der Waals surface area contributed by atoms with Crippen molar-refractivity contribution in [2.24, 2.45) is 11.1 Å². The SMILES string of the molecule is CC(NC(=O)c1ccc(-c2ccccc2C(=O)Nc2ccc(C(=N)N)c(OCc3ccccc3)c2)c(C(=O)OCc2ccccc2)c1)C(C)(C)C. The lowest BCUT2D eigenvalue weighted by molar-refractivity contribution is 0.0473. The lowest BCUT2D eigenvalue weighted by atomic mass is 9.87. The van der Waals surface area contributed by atoms with E-state index < -0.39 is 11.9 Å². The maximum Gasteiger partial charge on any atom is 0.339 e. The zero-order chi connectivity index (χ0) is 36.5. The first kappa shape index (κ1) is 36.1. The van der Waals surface area contributed by atoms with Crippen LogP contribution in [0.1, 0.15) is 75.5 Å². The highest BCUT2D eigenvalue weighted by atomic mass is 16.5. The van der Waals surface area contributed by atoms with Crippen LogP contribution in [0.5, 0.6) is 5.75 Å². The summed E-state index contributed by atoms with van der Waals surface area (Å²) in [5.74, 6) is -1.23. The molecular weight excluding hydrogens is 640 g/mol. The second kappa shape index (κ2) is 16.0. The number of nitrogens with one attached hydrogen (secondary N) is 3. The van der Waals surface area contributed by atoms with Gasteiger partial charge >= 0.3 is 5.97 Å². The molecule has 0 aliphatic heterocycles. The molecule has 0 heterocycles. The number of nitrogens with two attached hydrogens (primary N) is 1. The van der Waals surface area contributed by atoms with Crippen LogP contribution in [0, 0.1) is 10.8 Å². The summed E-state index contributed by atoms with van der Waals surface area (Å²) in [5, 5.41) is 14.0. The Morgan fingerprint density at radius 3 is 1.96 bits per heavy atom. The van der Waals surface area contributed by atoms with Crippen molar-refractivity contribution in [2.45, 2.75) is 47.0 Å². The van der Waals surface area contributed by atoms with Gasteiger partial charge in [0.15, 0.2) is 0 Å². The smallest absolute Gasteiger partial charge is 0.339 e. The zero-order valence-corrected chi connectivity index (χ0v) is 29.2. The number of amidine groups is 1. The fraction of sp³-hybridized carbons (Fsp3) is 0.190. The average molecular weight is 683 g/mol. The van der Waals surface area contributed by atoms with E-state index in [-0.39, 0.29) is 53.1 Å². The summed E-state index contributed by atoms with van der Waals surface area (Å²) in [6, 6.07) is 35.3. The number of carbonyl (C=O) groups excluding carboxylic acids is 3. The van der Waals surface area contributed by atoms with Gasteiger partial charge in [-0.3, -0.25) is 15.0 Å². The number of benzene rings is 5. The Balaban J connectivity index is 1.46. The summed E-state index contributed by atoms with van der Waals surface area (Å²) in [7, 11) is 0. The molecule has 0 radical (unpaired) electrons. The molecule has 5 aromatic carbocycles. The van der Waals surface area contributed by atoms with E-state index in [2.05, 4.69) is 10.6 Å². The minimum Gasteiger partial charge on any atom is -0.488 e. The van der Waals surface area contributed by atoms with Gasteiger partial charge in [0, 0.05) is 28.9 Å². The molecule has 0 fully saturated rings. The van der Waals surface area contributed by atoms with Crippen LogP contribution in [0.15, 0.2) is 121 Å². The fourth-order valence-corrected chi connectivity index (χ4v) is 5.18. The molecule has 5 rings (SSSR count). The Morgan fingerprint density at radius 2 is 1.31 bits per heavy atom. The van der Waals surface area contributed by atoms with Crippen LogP contribution in [-0.2, 0) is 18.0 Å². The largest absolute Gasteiger partial charge is 0.488 e. The predicted molar refractivity (Wildman–Crippen MR) is 200 cm³/mol. The highest BCUT2D eigenvalue weighted by Crippen LogP contribution is 2.31. The third kappa shape index (κ3) is 9.27. The minimum absolute atomic E-state index is 0.0314.